The van der Waals surface area contributed by atoms with Gasteiger partial charge in [0.15, 0.2) is 0 Å². The molecule has 1 aromatic heterocycles. The van der Waals surface area contributed by atoms with Gasteiger partial charge in [-0.3, -0.25) is 19.5 Å². The Kier molecular flexibility index (Phi) is 5.38. The zero-order valence-corrected chi connectivity index (χ0v) is 18.7. The fourth-order valence-electron chi connectivity index (χ4n) is 4.45. The molecule has 0 radical (unpaired) electrons. The van der Waals surface area contributed by atoms with Gasteiger partial charge in [0.05, 0.1) is 18.2 Å². The first kappa shape index (κ1) is 21.2. The molecule has 33 heavy (non-hydrogen) atoms. The zero-order chi connectivity index (χ0) is 23.1. The van der Waals surface area contributed by atoms with Crippen LogP contribution in [0.1, 0.15) is 34.7 Å². The third kappa shape index (κ3) is 3.66. The number of carbonyl (C=O) groups is 2. The van der Waals surface area contributed by atoms with Crippen molar-refractivity contribution < 1.29 is 19.4 Å². The van der Waals surface area contributed by atoms with Crippen molar-refractivity contribution in [3.63, 3.8) is 0 Å². The first-order chi connectivity index (χ1) is 16.0. The van der Waals surface area contributed by atoms with Crippen LogP contribution in [0.15, 0.2) is 66.5 Å². The average Bonchev–Trinajstić information content (AvgIpc) is 3.10. The summed E-state index contributed by atoms with van der Waals surface area (Å²) in [4.78, 5) is 32.0. The fraction of sp³-hybridized carbons (Fsp3) is 0.192. The Morgan fingerprint density at radius 1 is 1.12 bits per heavy atom. The van der Waals surface area contributed by atoms with Gasteiger partial charge in [0.25, 0.3) is 11.7 Å². The highest BCUT2D eigenvalue weighted by molar-refractivity contribution is 6.52. The number of nitrogens with zero attached hydrogens (tertiary/aromatic N) is 2. The number of fused-ring (bicyclic) bond motifs is 1. The van der Waals surface area contributed by atoms with E-state index in [1.165, 1.54) is 4.90 Å². The van der Waals surface area contributed by atoms with Crippen LogP contribution in [-0.2, 0) is 16.0 Å². The summed E-state index contributed by atoms with van der Waals surface area (Å²) in [5.74, 6) is -0.906. The van der Waals surface area contributed by atoms with Crippen molar-refractivity contribution in [3.8, 4) is 5.75 Å². The van der Waals surface area contributed by atoms with Gasteiger partial charge in [-0.05, 0) is 78.9 Å². The minimum absolute atomic E-state index is 0.0299. The van der Waals surface area contributed by atoms with E-state index >= 15 is 0 Å². The van der Waals surface area contributed by atoms with Crippen molar-refractivity contribution in [2.24, 2.45) is 0 Å². The van der Waals surface area contributed by atoms with Crippen LogP contribution in [0.2, 0.25) is 5.02 Å². The van der Waals surface area contributed by atoms with E-state index in [0.717, 1.165) is 29.7 Å². The highest BCUT2D eigenvalue weighted by atomic mass is 35.5. The van der Waals surface area contributed by atoms with Crippen LogP contribution in [0.5, 0.6) is 5.75 Å². The molecule has 1 N–H and O–H groups in total. The molecule has 3 aromatic rings. The number of carbonyl (C=O) groups excluding carboxylic acids is 2. The average molecular weight is 461 g/mol. The van der Waals surface area contributed by atoms with E-state index in [1.807, 2.05) is 13.0 Å². The largest absolute Gasteiger partial charge is 0.507 e. The van der Waals surface area contributed by atoms with E-state index in [0.29, 0.717) is 28.4 Å². The number of aliphatic hydroxyl groups is 1. The summed E-state index contributed by atoms with van der Waals surface area (Å²) in [7, 11) is 0. The third-order valence-corrected chi connectivity index (χ3v) is 6.31. The number of ether oxygens (including phenoxy) is 1. The molecule has 0 spiro atoms. The molecule has 0 aliphatic carbocycles. The highest BCUT2D eigenvalue weighted by Gasteiger charge is 2.47. The summed E-state index contributed by atoms with van der Waals surface area (Å²) in [6.45, 7) is 2.50. The van der Waals surface area contributed by atoms with Crippen molar-refractivity contribution in [1.29, 1.82) is 0 Å². The Morgan fingerprint density at radius 3 is 2.70 bits per heavy atom. The number of benzene rings is 2. The van der Waals surface area contributed by atoms with Gasteiger partial charge in [-0.1, -0.05) is 17.7 Å². The van der Waals surface area contributed by atoms with E-state index in [-0.39, 0.29) is 11.3 Å². The summed E-state index contributed by atoms with van der Waals surface area (Å²) < 4.78 is 5.67. The maximum absolute atomic E-state index is 13.3. The lowest BCUT2D eigenvalue weighted by Gasteiger charge is -2.27. The second-order valence-electron chi connectivity index (χ2n) is 8.15. The molecule has 2 aromatic carbocycles. The number of anilines is 1. The van der Waals surface area contributed by atoms with E-state index < -0.39 is 17.7 Å². The lowest BCUT2D eigenvalue weighted by atomic mass is 9.94. The molecule has 1 saturated heterocycles. The fourth-order valence-corrected chi connectivity index (χ4v) is 4.61. The van der Waals surface area contributed by atoms with Crippen molar-refractivity contribution in [2.75, 3.05) is 11.5 Å². The number of hydrogen-bond acceptors (Lipinski definition) is 5. The molecule has 1 amide bonds. The first-order valence-electron chi connectivity index (χ1n) is 10.7. The van der Waals surface area contributed by atoms with E-state index in [1.54, 1.807) is 54.9 Å². The van der Waals surface area contributed by atoms with Crippen molar-refractivity contribution >= 4 is 34.7 Å². The minimum atomic E-state index is -0.822. The van der Waals surface area contributed by atoms with Crippen molar-refractivity contribution in [3.05, 3.63) is 93.8 Å². The molecule has 6 nitrogen and oxygen atoms in total. The Hall–Kier alpha value is -3.64. The lowest BCUT2D eigenvalue weighted by molar-refractivity contribution is -0.132. The quantitative estimate of drug-likeness (QED) is 0.338. The van der Waals surface area contributed by atoms with Crippen LogP contribution in [0, 0.1) is 6.92 Å². The molecule has 5 rings (SSSR count). The van der Waals surface area contributed by atoms with Crippen molar-refractivity contribution in [1.82, 2.24) is 4.98 Å². The number of Topliss-reactive ketones (excluding diaryl/α,β-unsaturated/α-hetero) is 1. The van der Waals surface area contributed by atoms with Crippen LogP contribution in [0.25, 0.3) is 5.76 Å². The number of aliphatic hydroxyl groups excluding tert-OH is 1. The van der Waals surface area contributed by atoms with Crippen LogP contribution < -0.4 is 9.64 Å². The van der Waals surface area contributed by atoms with Crippen LogP contribution in [-0.4, -0.2) is 28.4 Å². The molecule has 7 heteroatoms. The number of ketones is 1. The van der Waals surface area contributed by atoms with Crippen LogP contribution in [0.3, 0.4) is 0 Å². The lowest BCUT2D eigenvalue weighted by Crippen LogP contribution is -2.30. The molecule has 1 fully saturated rings. The molecule has 0 bridgehead atoms. The smallest absolute Gasteiger partial charge is 0.300 e. The Labute approximate surface area is 196 Å². The van der Waals surface area contributed by atoms with Gasteiger partial charge in [-0.25, -0.2) is 0 Å². The summed E-state index contributed by atoms with van der Waals surface area (Å²) in [5.41, 5.74) is 3.43. The Morgan fingerprint density at radius 2 is 1.91 bits per heavy atom. The summed E-state index contributed by atoms with van der Waals surface area (Å²) in [5, 5.41) is 11.8. The highest BCUT2D eigenvalue weighted by Crippen LogP contribution is 2.44. The number of halogens is 1. The molecule has 1 unspecified atom stereocenters. The molecule has 166 valence electrons. The number of hydrogen-bond donors (Lipinski definition) is 1. The minimum Gasteiger partial charge on any atom is -0.507 e. The van der Waals surface area contributed by atoms with E-state index in [9.17, 15) is 14.7 Å². The molecular formula is C26H21ClN2O4. The van der Waals surface area contributed by atoms with Crippen LogP contribution >= 0.6 is 11.6 Å². The summed E-state index contributed by atoms with van der Waals surface area (Å²) >= 11 is 6.23. The van der Waals surface area contributed by atoms with Gasteiger partial charge < -0.3 is 9.84 Å². The SMILES string of the molecule is Cc1ccc(Cl)cc1N1C(=O)C(=O)/C(=C(\O)c2ccc3c(c2)CCCO3)C1c1ccncc1. The normalized spacial score (nSPS) is 19.3. The number of aromatic nitrogens is 1. The predicted molar refractivity (Wildman–Crippen MR) is 125 cm³/mol. The monoisotopic (exact) mass is 460 g/mol. The number of rotatable bonds is 3. The van der Waals surface area contributed by atoms with Gasteiger partial charge in [0, 0.05) is 28.7 Å². The second-order valence-corrected chi connectivity index (χ2v) is 8.59. The molecule has 0 saturated carbocycles. The van der Waals surface area contributed by atoms with E-state index in [2.05, 4.69) is 4.98 Å². The van der Waals surface area contributed by atoms with Gasteiger partial charge in [0.1, 0.15) is 11.5 Å². The van der Waals surface area contributed by atoms with Gasteiger partial charge in [0.2, 0.25) is 0 Å². The predicted octanol–water partition coefficient (Wildman–Crippen LogP) is 4.99. The maximum Gasteiger partial charge on any atom is 0.300 e. The molecule has 2 aliphatic rings. The number of pyridine rings is 1. The van der Waals surface area contributed by atoms with Crippen LogP contribution in [0.4, 0.5) is 5.69 Å². The maximum atomic E-state index is 13.3. The Balaban J connectivity index is 1.71. The molecule has 3 heterocycles. The van der Waals surface area contributed by atoms with Crippen molar-refractivity contribution in [2.45, 2.75) is 25.8 Å². The molecule has 1 atom stereocenters. The van der Waals surface area contributed by atoms with Gasteiger partial charge >= 0.3 is 0 Å². The first-order valence-corrected chi connectivity index (χ1v) is 11.1. The number of aryl methyl sites for hydroxylation is 2. The molecular weight excluding hydrogens is 440 g/mol. The standard InChI is InChI=1S/C26H21ClN2O4/c1-15-4-6-19(27)14-20(15)29-23(16-8-10-28-11-9-16)22(25(31)26(29)32)24(30)18-5-7-21-17(13-18)3-2-12-33-21/h4-11,13-14,23,30H,2-3,12H2,1H3/b24-22-. The van der Waals surface area contributed by atoms with Gasteiger partial charge in [-0.15, -0.1) is 0 Å². The summed E-state index contributed by atoms with van der Waals surface area (Å²) in [6.07, 6.45) is 4.89. The molecule has 2 aliphatic heterocycles. The topological polar surface area (TPSA) is 79.7 Å². The third-order valence-electron chi connectivity index (χ3n) is 6.08. The zero-order valence-electron chi connectivity index (χ0n) is 17.9. The second kappa shape index (κ2) is 8.37. The van der Waals surface area contributed by atoms with E-state index in [4.69, 9.17) is 16.3 Å². The Bertz CT molecular complexity index is 1300. The van der Waals surface area contributed by atoms with Gasteiger partial charge in [-0.2, -0.15) is 0 Å². The number of amides is 1. The summed E-state index contributed by atoms with van der Waals surface area (Å²) in [6, 6.07) is 13.2.